The molecule has 0 bridgehead atoms. The van der Waals surface area contributed by atoms with Crippen molar-refractivity contribution in [3.05, 3.63) is 71.6 Å². The SMILES string of the molecule is Cn1cc(C2C=CC=CC2c2ccc3c(c2)CCC(=O)N3)cn1. The molecule has 2 unspecified atom stereocenters. The molecule has 0 radical (unpaired) electrons. The number of carbonyl (C=O) groups is 1. The number of aromatic nitrogens is 2. The van der Waals surface area contributed by atoms with E-state index >= 15 is 0 Å². The van der Waals surface area contributed by atoms with Gasteiger partial charge in [0.1, 0.15) is 0 Å². The van der Waals surface area contributed by atoms with Crippen molar-refractivity contribution in [2.45, 2.75) is 24.7 Å². The van der Waals surface area contributed by atoms with Crippen LogP contribution in [0.4, 0.5) is 5.69 Å². The Morgan fingerprint density at radius 1 is 1.13 bits per heavy atom. The lowest BCUT2D eigenvalue weighted by molar-refractivity contribution is -0.116. The summed E-state index contributed by atoms with van der Waals surface area (Å²) in [6, 6.07) is 6.41. The minimum atomic E-state index is 0.110. The summed E-state index contributed by atoms with van der Waals surface area (Å²) in [5.41, 5.74) is 4.70. The van der Waals surface area contributed by atoms with Crippen LogP contribution in [0, 0.1) is 0 Å². The monoisotopic (exact) mass is 305 g/mol. The highest BCUT2D eigenvalue weighted by molar-refractivity contribution is 5.93. The molecule has 1 aliphatic carbocycles. The molecular weight excluding hydrogens is 286 g/mol. The molecule has 23 heavy (non-hydrogen) atoms. The third-order valence-corrected chi connectivity index (χ3v) is 4.65. The Balaban J connectivity index is 1.69. The molecule has 4 heteroatoms. The smallest absolute Gasteiger partial charge is 0.224 e. The largest absolute Gasteiger partial charge is 0.326 e. The van der Waals surface area contributed by atoms with E-state index in [1.165, 1.54) is 16.7 Å². The summed E-state index contributed by atoms with van der Waals surface area (Å²) in [5, 5.41) is 7.26. The van der Waals surface area contributed by atoms with Gasteiger partial charge in [-0.15, -0.1) is 0 Å². The van der Waals surface area contributed by atoms with Crippen LogP contribution in [0.2, 0.25) is 0 Å². The summed E-state index contributed by atoms with van der Waals surface area (Å²) in [6.07, 6.45) is 14.1. The van der Waals surface area contributed by atoms with Gasteiger partial charge in [-0.3, -0.25) is 9.48 Å². The van der Waals surface area contributed by atoms with Crippen molar-refractivity contribution in [1.82, 2.24) is 9.78 Å². The van der Waals surface area contributed by atoms with E-state index in [0.29, 0.717) is 18.3 Å². The summed E-state index contributed by atoms with van der Waals surface area (Å²) in [5.74, 6) is 0.705. The zero-order chi connectivity index (χ0) is 15.8. The predicted molar refractivity (Wildman–Crippen MR) is 90.4 cm³/mol. The molecule has 1 amide bonds. The normalized spacial score (nSPS) is 22.7. The van der Waals surface area contributed by atoms with Gasteiger partial charge in [0.25, 0.3) is 0 Å². The maximum absolute atomic E-state index is 11.5. The molecule has 0 saturated carbocycles. The van der Waals surface area contributed by atoms with E-state index in [4.69, 9.17) is 0 Å². The van der Waals surface area contributed by atoms with E-state index in [1.807, 2.05) is 24.0 Å². The lowest BCUT2D eigenvalue weighted by Crippen LogP contribution is -2.19. The number of hydrogen-bond acceptors (Lipinski definition) is 2. The second-order valence-corrected chi connectivity index (χ2v) is 6.23. The fourth-order valence-corrected chi connectivity index (χ4v) is 3.47. The third kappa shape index (κ3) is 2.61. The summed E-state index contributed by atoms with van der Waals surface area (Å²) in [6.45, 7) is 0. The molecule has 2 atom stereocenters. The highest BCUT2D eigenvalue weighted by atomic mass is 16.1. The molecule has 2 aliphatic rings. The number of anilines is 1. The van der Waals surface area contributed by atoms with Crippen molar-refractivity contribution >= 4 is 11.6 Å². The Labute approximate surface area is 135 Å². The van der Waals surface area contributed by atoms with Crippen LogP contribution in [-0.4, -0.2) is 15.7 Å². The molecule has 2 heterocycles. The van der Waals surface area contributed by atoms with Crippen LogP contribution in [0.15, 0.2) is 54.9 Å². The number of allylic oxidation sites excluding steroid dienone is 4. The lowest BCUT2D eigenvalue weighted by atomic mass is 9.79. The molecule has 1 aromatic heterocycles. The summed E-state index contributed by atoms with van der Waals surface area (Å²) >= 11 is 0. The summed E-state index contributed by atoms with van der Waals surface area (Å²) < 4.78 is 1.85. The highest BCUT2D eigenvalue weighted by Gasteiger charge is 2.25. The van der Waals surface area contributed by atoms with E-state index in [2.05, 4.69) is 53.0 Å². The van der Waals surface area contributed by atoms with Gasteiger partial charge in [-0.25, -0.2) is 0 Å². The second kappa shape index (κ2) is 5.54. The van der Waals surface area contributed by atoms with Crippen LogP contribution >= 0.6 is 0 Å². The standard InChI is InChI=1S/C19H19N3O/c1-22-12-15(11-20-22)17-5-3-2-4-16(17)13-6-8-18-14(10-13)7-9-19(23)21-18/h2-6,8,10-12,16-17H,7,9H2,1H3,(H,21,23). The van der Waals surface area contributed by atoms with Gasteiger partial charge < -0.3 is 5.32 Å². The van der Waals surface area contributed by atoms with Crippen molar-refractivity contribution in [2.75, 3.05) is 5.32 Å². The number of rotatable bonds is 2. The molecule has 0 saturated heterocycles. The lowest BCUT2D eigenvalue weighted by Gasteiger charge is -2.26. The Morgan fingerprint density at radius 3 is 2.65 bits per heavy atom. The van der Waals surface area contributed by atoms with Crippen LogP contribution in [0.1, 0.15) is 34.9 Å². The number of amides is 1. The van der Waals surface area contributed by atoms with Gasteiger partial charge in [0, 0.05) is 37.2 Å². The van der Waals surface area contributed by atoms with Crippen molar-refractivity contribution < 1.29 is 4.79 Å². The minimum absolute atomic E-state index is 0.110. The van der Waals surface area contributed by atoms with Crippen molar-refractivity contribution in [2.24, 2.45) is 7.05 Å². The average Bonchev–Trinajstić information content (AvgIpc) is 3.01. The summed E-state index contributed by atoms with van der Waals surface area (Å²) in [7, 11) is 1.95. The number of fused-ring (bicyclic) bond motifs is 1. The van der Waals surface area contributed by atoms with Crippen LogP contribution in [0.3, 0.4) is 0 Å². The topological polar surface area (TPSA) is 46.9 Å². The average molecular weight is 305 g/mol. The van der Waals surface area contributed by atoms with Gasteiger partial charge in [-0.2, -0.15) is 5.10 Å². The van der Waals surface area contributed by atoms with Crippen molar-refractivity contribution in [3.63, 3.8) is 0 Å². The number of nitrogens with zero attached hydrogens (tertiary/aromatic N) is 2. The summed E-state index contributed by atoms with van der Waals surface area (Å²) in [4.78, 5) is 11.5. The minimum Gasteiger partial charge on any atom is -0.326 e. The first-order chi connectivity index (χ1) is 11.2. The number of carbonyl (C=O) groups excluding carboxylic acids is 1. The van der Waals surface area contributed by atoms with Crippen LogP contribution < -0.4 is 5.32 Å². The Bertz CT molecular complexity index is 816. The second-order valence-electron chi connectivity index (χ2n) is 6.23. The van der Waals surface area contributed by atoms with Gasteiger partial charge >= 0.3 is 0 Å². The van der Waals surface area contributed by atoms with Gasteiger partial charge in [0.15, 0.2) is 0 Å². The van der Waals surface area contributed by atoms with Crippen LogP contribution in [-0.2, 0) is 18.3 Å². The molecule has 1 N–H and O–H groups in total. The molecule has 4 rings (SSSR count). The molecule has 0 spiro atoms. The Kier molecular flexibility index (Phi) is 3.37. The van der Waals surface area contributed by atoms with Gasteiger partial charge in [-0.05, 0) is 29.2 Å². The number of nitrogens with one attached hydrogen (secondary N) is 1. The van der Waals surface area contributed by atoms with Gasteiger partial charge in [-0.1, -0.05) is 36.4 Å². The fourth-order valence-electron chi connectivity index (χ4n) is 3.47. The fraction of sp³-hybridized carbons (Fsp3) is 0.263. The van der Waals surface area contributed by atoms with E-state index in [0.717, 1.165) is 12.1 Å². The highest BCUT2D eigenvalue weighted by Crippen LogP contribution is 2.39. The van der Waals surface area contributed by atoms with E-state index < -0.39 is 0 Å². The number of hydrogen-bond donors (Lipinski definition) is 1. The molecule has 116 valence electrons. The Morgan fingerprint density at radius 2 is 1.91 bits per heavy atom. The maximum Gasteiger partial charge on any atom is 0.224 e. The van der Waals surface area contributed by atoms with Crippen molar-refractivity contribution in [1.29, 1.82) is 0 Å². The zero-order valence-electron chi connectivity index (χ0n) is 13.1. The third-order valence-electron chi connectivity index (χ3n) is 4.65. The van der Waals surface area contributed by atoms with Crippen molar-refractivity contribution in [3.8, 4) is 0 Å². The molecule has 2 aromatic rings. The first-order valence-electron chi connectivity index (χ1n) is 7.97. The van der Waals surface area contributed by atoms with Gasteiger partial charge in [0.05, 0.1) is 6.20 Å². The molecule has 1 aliphatic heterocycles. The molecular formula is C19H19N3O. The first kappa shape index (κ1) is 14.0. The molecule has 1 aromatic carbocycles. The van der Waals surface area contributed by atoms with E-state index in [1.54, 1.807) is 0 Å². The van der Waals surface area contributed by atoms with E-state index in [-0.39, 0.29) is 5.91 Å². The van der Waals surface area contributed by atoms with Crippen LogP contribution in [0.25, 0.3) is 0 Å². The number of benzene rings is 1. The maximum atomic E-state index is 11.5. The quantitative estimate of drug-likeness (QED) is 0.925. The number of aryl methyl sites for hydroxylation is 2. The molecule has 0 fully saturated rings. The van der Waals surface area contributed by atoms with Crippen LogP contribution in [0.5, 0.6) is 0 Å². The zero-order valence-corrected chi connectivity index (χ0v) is 13.1. The predicted octanol–water partition coefficient (Wildman–Crippen LogP) is 3.30. The first-order valence-corrected chi connectivity index (χ1v) is 7.97. The van der Waals surface area contributed by atoms with E-state index in [9.17, 15) is 4.79 Å². The molecule has 4 nitrogen and oxygen atoms in total. The van der Waals surface area contributed by atoms with Gasteiger partial charge in [0.2, 0.25) is 5.91 Å². The Hall–Kier alpha value is -2.62.